The highest BCUT2D eigenvalue weighted by Crippen LogP contribution is 2.62. The van der Waals surface area contributed by atoms with E-state index in [1.165, 1.54) is 4.68 Å². The van der Waals surface area contributed by atoms with E-state index in [0.717, 1.165) is 17.4 Å². The van der Waals surface area contributed by atoms with Gasteiger partial charge in [0, 0.05) is 29.5 Å². The summed E-state index contributed by atoms with van der Waals surface area (Å²) in [6.07, 6.45) is 0.914. The van der Waals surface area contributed by atoms with E-state index in [2.05, 4.69) is 18.9 Å². The van der Waals surface area contributed by atoms with E-state index in [1.54, 1.807) is 11.0 Å². The number of aromatic nitrogens is 2. The van der Waals surface area contributed by atoms with Gasteiger partial charge in [0.25, 0.3) is 5.56 Å². The maximum Gasteiger partial charge on any atom is 0.275 e. The maximum absolute atomic E-state index is 13.2. The van der Waals surface area contributed by atoms with E-state index >= 15 is 0 Å². The zero-order valence-corrected chi connectivity index (χ0v) is 17.9. The normalized spacial score (nSPS) is 24.1. The Hall–Kier alpha value is -2.99. The van der Waals surface area contributed by atoms with Crippen molar-refractivity contribution < 1.29 is 9.90 Å². The van der Waals surface area contributed by atoms with Gasteiger partial charge in [-0.05, 0) is 23.8 Å². The molecule has 0 unspecified atom stereocenters. The first-order chi connectivity index (χ1) is 14.8. The summed E-state index contributed by atoms with van der Waals surface area (Å²) >= 11 is 0. The molecule has 1 N–H and O–H groups in total. The molecule has 2 fully saturated rings. The topological polar surface area (TPSA) is 75.4 Å². The van der Waals surface area contributed by atoms with Crippen molar-refractivity contribution in [3.8, 4) is 11.3 Å². The molecule has 1 aliphatic heterocycles. The van der Waals surface area contributed by atoms with Crippen LogP contribution in [-0.2, 0) is 11.3 Å². The second kappa shape index (κ2) is 7.02. The van der Waals surface area contributed by atoms with Gasteiger partial charge in [0.05, 0.1) is 17.7 Å². The molecule has 1 aromatic heterocycles. The number of fused-ring (bicyclic) bond motifs is 2. The monoisotopic (exact) mass is 417 g/mol. The largest absolute Gasteiger partial charge is 0.396 e. The SMILES string of the molecule is CC1(C)C[C@]2(CO)CN(C(=O)Cn3nc(-c4ccccc4)c4ccccc4c3=O)C[C@H]12. The Labute approximate surface area is 181 Å². The van der Waals surface area contributed by atoms with Gasteiger partial charge in [0.2, 0.25) is 5.91 Å². The van der Waals surface area contributed by atoms with E-state index in [-0.39, 0.29) is 41.4 Å². The number of carbonyl (C=O) groups is 1. The van der Waals surface area contributed by atoms with Crippen molar-refractivity contribution >= 4 is 16.7 Å². The highest BCUT2D eigenvalue weighted by atomic mass is 16.3. The van der Waals surface area contributed by atoms with Crippen molar-refractivity contribution in [2.24, 2.45) is 16.7 Å². The van der Waals surface area contributed by atoms with Crippen LogP contribution in [-0.4, -0.2) is 45.4 Å². The zero-order valence-electron chi connectivity index (χ0n) is 17.9. The summed E-state index contributed by atoms with van der Waals surface area (Å²) in [5.74, 6) is 0.164. The molecular weight excluding hydrogens is 390 g/mol. The first kappa shape index (κ1) is 19.9. The number of likely N-dealkylation sites (tertiary alicyclic amines) is 1. The van der Waals surface area contributed by atoms with E-state index < -0.39 is 0 Å². The summed E-state index contributed by atoms with van der Waals surface area (Å²) in [7, 11) is 0. The number of benzene rings is 2. The van der Waals surface area contributed by atoms with Gasteiger partial charge in [-0.15, -0.1) is 0 Å². The smallest absolute Gasteiger partial charge is 0.275 e. The summed E-state index contributed by atoms with van der Waals surface area (Å²) in [6.45, 7) is 5.56. The molecule has 2 atom stereocenters. The lowest BCUT2D eigenvalue weighted by molar-refractivity contribution is -0.131. The molecule has 1 amide bonds. The van der Waals surface area contributed by atoms with Crippen molar-refractivity contribution in [3.63, 3.8) is 0 Å². The van der Waals surface area contributed by atoms with E-state index in [1.807, 2.05) is 48.5 Å². The van der Waals surface area contributed by atoms with Gasteiger partial charge in [-0.25, -0.2) is 4.68 Å². The van der Waals surface area contributed by atoms with Crippen LogP contribution in [0.25, 0.3) is 22.0 Å². The minimum Gasteiger partial charge on any atom is -0.396 e. The van der Waals surface area contributed by atoms with E-state index in [9.17, 15) is 14.7 Å². The Morgan fingerprint density at radius 2 is 1.77 bits per heavy atom. The molecule has 0 bridgehead atoms. The Bertz CT molecular complexity index is 1220. The van der Waals surface area contributed by atoms with Gasteiger partial charge in [-0.2, -0.15) is 5.10 Å². The number of nitrogens with zero attached hydrogens (tertiary/aromatic N) is 3. The van der Waals surface area contributed by atoms with E-state index in [0.29, 0.717) is 24.2 Å². The fourth-order valence-electron chi connectivity index (χ4n) is 5.91. The lowest BCUT2D eigenvalue weighted by Crippen LogP contribution is -2.54. The van der Waals surface area contributed by atoms with Crippen molar-refractivity contribution in [2.75, 3.05) is 19.7 Å². The van der Waals surface area contributed by atoms with Crippen molar-refractivity contribution in [1.29, 1.82) is 0 Å². The maximum atomic E-state index is 13.2. The summed E-state index contributed by atoms with van der Waals surface area (Å²) in [6, 6.07) is 17.1. The average Bonchev–Trinajstić information content (AvgIpc) is 3.12. The fraction of sp³-hybridized carbons (Fsp3) is 0.400. The molecule has 0 spiro atoms. The molecule has 1 saturated carbocycles. The Balaban J connectivity index is 1.49. The fourth-order valence-corrected chi connectivity index (χ4v) is 5.91. The van der Waals surface area contributed by atoms with Gasteiger partial charge in [-0.1, -0.05) is 62.4 Å². The van der Waals surface area contributed by atoms with Gasteiger partial charge >= 0.3 is 0 Å². The van der Waals surface area contributed by atoms with Gasteiger partial charge in [-0.3, -0.25) is 9.59 Å². The Morgan fingerprint density at radius 3 is 2.42 bits per heavy atom. The van der Waals surface area contributed by atoms with Crippen molar-refractivity contribution in [2.45, 2.75) is 26.8 Å². The molecule has 160 valence electrons. The zero-order chi connectivity index (χ0) is 21.8. The minimum absolute atomic E-state index is 0.0944. The summed E-state index contributed by atoms with van der Waals surface area (Å²) in [5.41, 5.74) is 1.26. The standard InChI is InChI=1S/C25H27N3O3/c1-24(2)14-25(16-29)15-27(12-20(24)25)21(30)13-28-23(31)19-11-7-6-10-18(19)22(26-28)17-8-4-3-5-9-17/h3-11,20,29H,12-16H2,1-2H3/t20-,25-/m1/s1. The van der Waals surface area contributed by atoms with E-state index in [4.69, 9.17) is 0 Å². The number of hydrogen-bond acceptors (Lipinski definition) is 4. The molecule has 1 saturated heterocycles. The second-order valence-corrected chi connectivity index (χ2v) is 9.74. The Morgan fingerprint density at radius 1 is 1.10 bits per heavy atom. The highest BCUT2D eigenvalue weighted by Gasteiger charge is 2.63. The molecule has 1 aliphatic carbocycles. The molecule has 2 heterocycles. The predicted molar refractivity (Wildman–Crippen MR) is 119 cm³/mol. The number of rotatable bonds is 4. The predicted octanol–water partition coefficient (Wildman–Crippen LogP) is 2.93. The molecule has 2 aromatic carbocycles. The molecule has 3 aromatic rings. The van der Waals surface area contributed by atoms with Crippen LogP contribution in [0.1, 0.15) is 20.3 Å². The average molecular weight is 418 g/mol. The third-order valence-corrected chi connectivity index (χ3v) is 7.27. The van der Waals surface area contributed by atoms with Crippen molar-refractivity contribution in [3.05, 3.63) is 65.0 Å². The summed E-state index contributed by atoms with van der Waals surface area (Å²) in [5, 5.41) is 15.9. The third-order valence-electron chi connectivity index (χ3n) is 7.27. The van der Waals surface area contributed by atoms with Crippen LogP contribution in [0.2, 0.25) is 0 Å². The quantitative estimate of drug-likeness (QED) is 0.708. The number of aliphatic hydroxyl groups is 1. The van der Waals surface area contributed by atoms with Crippen molar-refractivity contribution in [1.82, 2.24) is 14.7 Å². The van der Waals surface area contributed by atoms with Crippen LogP contribution < -0.4 is 5.56 Å². The molecule has 31 heavy (non-hydrogen) atoms. The number of amides is 1. The molecular formula is C25H27N3O3. The number of carbonyl (C=O) groups excluding carboxylic acids is 1. The van der Waals surface area contributed by atoms with Gasteiger partial charge in [0.15, 0.2) is 0 Å². The van der Waals surface area contributed by atoms with Crippen LogP contribution in [0.15, 0.2) is 59.4 Å². The summed E-state index contributed by atoms with van der Waals surface area (Å²) in [4.78, 5) is 28.1. The molecule has 0 radical (unpaired) electrons. The number of aliphatic hydroxyl groups excluding tert-OH is 1. The van der Waals surface area contributed by atoms with Crippen LogP contribution in [0.3, 0.4) is 0 Å². The molecule has 6 heteroatoms. The summed E-state index contributed by atoms with van der Waals surface area (Å²) < 4.78 is 1.30. The van der Waals surface area contributed by atoms with Crippen LogP contribution in [0.5, 0.6) is 0 Å². The molecule has 2 aliphatic rings. The molecule has 6 nitrogen and oxygen atoms in total. The highest BCUT2D eigenvalue weighted by molar-refractivity contribution is 5.93. The number of hydrogen-bond donors (Lipinski definition) is 1. The van der Waals surface area contributed by atoms with Gasteiger partial charge in [0.1, 0.15) is 6.54 Å². The first-order valence-electron chi connectivity index (χ1n) is 10.8. The van der Waals surface area contributed by atoms with Crippen LogP contribution in [0.4, 0.5) is 0 Å². The second-order valence-electron chi connectivity index (χ2n) is 9.74. The first-order valence-corrected chi connectivity index (χ1v) is 10.8. The minimum atomic E-state index is -0.261. The Kier molecular flexibility index (Phi) is 4.52. The lowest BCUT2D eigenvalue weighted by atomic mass is 9.48. The van der Waals surface area contributed by atoms with Crippen LogP contribution >= 0.6 is 0 Å². The third kappa shape index (κ3) is 3.08. The lowest BCUT2D eigenvalue weighted by Gasteiger charge is -2.55. The molecule has 5 rings (SSSR count). The van der Waals surface area contributed by atoms with Crippen LogP contribution in [0, 0.1) is 16.7 Å². The van der Waals surface area contributed by atoms with Gasteiger partial charge < -0.3 is 10.0 Å².